The largest absolute Gasteiger partial charge is 0.461 e. The van der Waals surface area contributed by atoms with Crippen molar-refractivity contribution in [2.24, 2.45) is 0 Å². The normalized spacial score (nSPS) is 11.2. The zero-order valence-corrected chi connectivity index (χ0v) is 13.8. The van der Waals surface area contributed by atoms with Gasteiger partial charge in [0.05, 0.1) is 6.10 Å². The number of hydrogen-bond acceptors (Lipinski definition) is 5. The Morgan fingerprint density at radius 2 is 1.80 bits per heavy atom. The Labute approximate surface area is 126 Å². The predicted octanol–water partition coefficient (Wildman–Crippen LogP) is 3.72. The summed E-state index contributed by atoms with van der Waals surface area (Å²) in [5, 5.41) is 0.173. The molecule has 0 unspecified atom stereocenters. The highest BCUT2D eigenvalue weighted by molar-refractivity contribution is 6.28. The Hall–Kier alpha value is -1.10. The van der Waals surface area contributed by atoms with Gasteiger partial charge in [-0.15, -0.1) is 0 Å². The van der Waals surface area contributed by atoms with Crippen LogP contribution in [0.25, 0.3) is 0 Å². The molecule has 0 saturated heterocycles. The Bertz CT molecular complexity index is 412. The van der Waals surface area contributed by atoms with Crippen LogP contribution in [0, 0.1) is 0 Å². The van der Waals surface area contributed by atoms with Crippen molar-refractivity contribution in [3.05, 3.63) is 5.28 Å². The van der Waals surface area contributed by atoms with E-state index in [2.05, 4.69) is 40.6 Å². The second-order valence-electron chi connectivity index (χ2n) is 5.35. The van der Waals surface area contributed by atoms with Crippen molar-refractivity contribution in [1.29, 1.82) is 0 Å². The van der Waals surface area contributed by atoms with E-state index in [0.29, 0.717) is 12.0 Å². The summed E-state index contributed by atoms with van der Waals surface area (Å²) in [4.78, 5) is 14.7. The van der Waals surface area contributed by atoms with Gasteiger partial charge in [-0.05, 0) is 45.7 Å². The van der Waals surface area contributed by atoms with Crippen LogP contribution in [-0.2, 0) is 0 Å². The molecule has 0 saturated carbocycles. The molecule has 0 spiro atoms. The van der Waals surface area contributed by atoms with Crippen LogP contribution in [0.15, 0.2) is 0 Å². The summed E-state index contributed by atoms with van der Waals surface area (Å²) in [6.07, 6.45) is 3.50. The first kappa shape index (κ1) is 17.0. The lowest BCUT2D eigenvalue weighted by Crippen LogP contribution is -2.33. The quantitative estimate of drug-likeness (QED) is 0.685. The highest BCUT2D eigenvalue weighted by Crippen LogP contribution is 2.18. The molecule has 0 aliphatic carbocycles. The average Bonchev–Trinajstić information content (AvgIpc) is 2.32. The van der Waals surface area contributed by atoms with E-state index in [1.54, 1.807) is 0 Å². The molecule has 20 heavy (non-hydrogen) atoms. The number of anilines is 1. The third-order valence-corrected chi connectivity index (χ3v) is 2.97. The van der Waals surface area contributed by atoms with Gasteiger partial charge < -0.3 is 9.64 Å². The van der Waals surface area contributed by atoms with Gasteiger partial charge in [-0.2, -0.15) is 15.0 Å². The highest BCUT2D eigenvalue weighted by atomic mass is 35.5. The van der Waals surface area contributed by atoms with Crippen LogP contribution in [0.3, 0.4) is 0 Å². The van der Waals surface area contributed by atoms with Crippen LogP contribution in [0.5, 0.6) is 6.01 Å². The Morgan fingerprint density at radius 1 is 1.10 bits per heavy atom. The second-order valence-corrected chi connectivity index (χ2v) is 5.69. The van der Waals surface area contributed by atoms with Crippen LogP contribution in [0.4, 0.5) is 5.95 Å². The Morgan fingerprint density at radius 3 is 2.35 bits per heavy atom. The molecule has 0 bridgehead atoms. The zero-order chi connectivity index (χ0) is 15.1. The van der Waals surface area contributed by atoms with Crippen LogP contribution in [0.1, 0.15) is 53.9 Å². The molecule has 1 aromatic heterocycles. The lowest BCUT2D eigenvalue weighted by molar-refractivity contribution is 0.221. The fourth-order valence-electron chi connectivity index (χ4n) is 1.84. The molecule has 0 aliphatic heterocycles. The van der Waals surface area contributed by atoms with Gasteiger partial charge in [0.2, 0.25) is 11.2 Å². The maximum Gasteiger partial charge on any atom is 0.322 e. The number of rotatable bonds is 8. The van der Waals surface area contributed by atoms with E-state index in [4.69, 9.17) is 16.3 Å². The first-order valence-electron chi connectivity index (χ1n) is 7.28. The predicted molar refractivity (Wildman–Crippen MR) is 82.6 cm³/mol. The fraction of sp³-hybridized carbons (Fsp3) is 0.786. The van der Waals surface area contributed by atoms with Crippen molar-refractivity contribution >= 4 is 17.5 Å². The summed E-state index contributed by atoms with van der Waals surface area (Å²) in [7, 11) is 0. The maximum absolute atomic E-state index is 5.97. The summed E-state index contributed by atoms with van der Waals surface area (Å²) < 4.78 is 5.52. The molecule has 0 radical (unpaired) electrons. The molecule has 114 valence electrons. The average molecular weight is 301 g/mol. The molecule has 0 atom stereocenters. The highest BCUT2D eigenvalue weighted by Gasteiger charge is 2.16. The number of unbranched alkanes of at least 4 members (excludes halogenated alkanes) is 2. The molecule has 1 aromatic rings. The van der Waals surface area contributed by atoms with Gasteiger partial charge in [-0.3, -0.25) is 0 Å². The molecule has 0 amide bonds. The lowest BCUT2D eigenvalue weighted by atomic mass is 10.2. The van der Waals surface area contributed by atoms with Gasteiger partial charge in [-0.25, -0.2) is 0 Å². The molecular formula is C14H25ClN4O. The second kappa shape index (κ2) is 8.25. The topological polar surface area (TPSA) is 51.1 Å². The van der Waals surface area contributed by atoms with Crippen LogP contribution in [-0.4, -0.2) is 33.6 Å². The molecule has 0 fully saturated rings. The van der Waals surface area contributed by atoms with E-state index in [1.807, 2.05) is 13.8 Å². The van der Waals surface area contributed by atoms with E-state index in [1.165, 1.54) is 12.8 Å². The minimum absolute atomic E-state index is 0.00825. The number of ether oxygens (including phenoxy) is 1. The SMILES string of the molecule is CCCCCN(c1nc(Cl)nc(OC(C)C)n1)C(C)C. The summed E-state index contributed by atoms with van der Waals surface area (Å²) in [5.74, 6) is 0.590. The number of nitrogens with zero attached hydrogens (tertiary/aromatic N) is 4. The van der Waals surface area contributed by atoms with Crippen LogP contribution >= 0.6 is 11.6 Å². The third-order valence-electron chi connectivity index (χ3n) is 2.80. The van der Waals surface area contributed by atoms with E-state index in [0.717, 1.165) is 13.0 Å². The molecule has 1 rings (SSSR count). The third kappa shape index (κ3) is 5.49. The van der Waals surface area contributed by atoms with Gasteiger partial charge >= 0.3 is 6.01 Å². The van der Waals surface area contributed by atoms with Crippen molar-refractivity contribution < 1.29 is 4.74 Å². The zero-order valence-electron chi connectivity index (χ0n) is 13.1. The smallest absolute Gasteiger partial charge is 0.322 e. The summed E-state index contributed by atoms with van der Waals surface area (Å²) >= 11 is 5.97. The minimum Gasteiger partial charge on any atom is -0.461 e. The monoisotopic (exact) mass is 300 g/mol. The van der Waals surface area contributed by atoms with Gasteiger partial charge in [-0.1, -0.05) is 19.8 Å². The number of hydrogen-bond donors (Lipinski definition) is 0. The van der Waals surface area contributed by atoms with Crippen molar-refractivity contribution in [1.82, 2.24) is 15.0 Å². The Balaban J connectivity index is 2.91. The van der Waals surface area contributed by atoms with Crippen molar-refractivity contribution in [3.63, 3.8) is 0 Å². The molecule has 6 heteroatoms. The molecule has 0 N–H and O–H groups in total. The molecule has 0 aliphatic rings. The van der Waals surface area contributed by atoms with E-state index in [9.17, 15) is 0 Å². The summed E-state index contributed by atoms with van der Waals surface area (Å²) in [6, 6.07) is 0.591. The lowest BCUT2D eigenvalue weighted by Gasteiger charge is -2.26. The standard InChI is InChI=1S/C14H25ClN4O/c1-6-7-8-9-19(10(2)3)13-16-12(15)17-14(18-13)20-11(4)5/h10-11H,6-9H2,1-5H3. The van der Waals surface area contributed by atoms with Crippen LogP contribution in [0.2, 0.25) is 5.28 Å². The van der Waals surface area contributed by atoms with Crippen molar-refractivity contribution in [2.75, 3.05) is 11.4 Å². The first-order valence-corrected chi connectivity index (χ1v) is 7.66. The van der Waals surface area contributed by atoms with Crippen molar-refractivity contribution in [3.8, 4) is 6.01 Å². The van der Waals surface area contributed by atoms with Crippen LogP contribution < -0.4 is 9.64 Å². The molecule has 1 heterocycles. The summed E-state index contributed by atoms with van der Waals surface area (Å²) in [5.41, 5.74) is 0. The number of aromatic nitrogens is 3. The Kier molecular flexibility index (Phi) is 6.99. The molecule has 0 aromatic carbocycles. The maximum atomic E-state index is 5.97. The summed E-state index contributed by atoms with van der Waals surface area (Å²) in [6.45, 7) is 11.2. The van der Waals surface area contributed by atoms with Gasteiger partial charge in [0.15, 0.2) is 0 Å². The van der Waals surface area contributed by atoms with E-state index < -0.39 is 0 Å². The molecule has 5 nitrogen and oxygen atoms in total. The molecular weight excluding hydrogens is 276 g/mol. The first-order chi connectivity index (χ1) is 9.43. The van der Waals surface area contributed by atoms with Gasteiger partial charge in [0.1, 0.15) is 0 Å². The minimum atomic E-state index is 0.00825. The van der Waals surface area contributed by atoms with E-state index >= 15 is 0 Å². The van der Waals surface area contributed by atoms with Crippen molar-refractivity contribution in [2.45, 2.75) is 66.0 Å². The van der Waals surface area contributed by atoms with Gasteiger partial charge in [0.25, 0.3) is 0 Å². The van der Waals surface area contributed by atoms with Gasteiger partial charge in [0, 0.05) is 12.6 Å². The van der Waals surface area contributed by atoms with E-state index in [-0.39, 0.29) is 17.4 Å². The number of halogens is 1. The fourth-order valence-corrected chi connectivity index (χ4v) is 1.98.